The summed E-state index contributed by atoms with van der Waals surface area (Å²) in [5.74, 6) is -0.530. The van der Waals surface area contributed by atoms with Crippen molar-refractivity contribution < 1.29 is 14.7 Å². The van der Waals surface area contributed by atoms with E-state index >= 15 is 0 Å². The van der Waals surface area contributed by atoms with Gasteiger partial charge in [-0.3, -0.25) is 10.1 Å². The Morgan fingerprint density at radius 2 is 2.05 bits per heavy atom. The van der Waals surface area contributed by atoms with Crippen molar-refractivity contribution in [2.45, 2.75) is 13.0 Å². The number of carbonyl (C=O) groups excluding carboxylic acids is 2. The van der Waals surface area contributed by atoms with Gasteiger partial charge in [0.05, 0.1) is 11.7 Å². The van der Waals surface area contributed by atoms with Crippen LogP contribution in [-0.2, 0) is 0 Å². The molecule has 3 amide bonds. The first-order chi connectivity index (χ1) is 8.90. The van der Waals surface area contributed by atoms with Crippen LogP contribution in [0.2, 0.25) is 0 Å². The lowest BCUT2D eigenvalue weighted by Crippen LogP contribution is -2.22. The molecule has 1 heterocycles. The molecule has 0 fully saturated rings. The first kappa shape index (κ1) is 12.9. The van der Waals surface area contributed by atoms with E-state index in [1.807, 2.05) is 0 Å². The van der Waals surface area contributed by atoms with E-state index < -0.39 is 18.0 Å². The molecule has 7 heteroatoms. The Hall–Kier alpha value is -2.54. The van der Waals surface area contributed by atoms with Crippen molar-refractivity contribution in [2.24, 2.45) is 11.5 Å². The number of aromatic nitrogens is 1. The Labute approximate surface area is 108 Å². The van der Waals surface area contributed by atoms with Crippen LogP contribution in [0.1, 0.15) is 28.9 Å². The zero-order valence-corrected chi connectivity index (χ0v) is 10.2. The van der Waals surface area contributed by atoms with E-state index in [9.17, 15) is 14.7 Å². The average molecular weight is 262 g/mol. The monoisotopic (exact) mass is 262 g/mol. The summed E-state index contributed by atoms with van der Waals surface area (Å²) in [6.07, 6.45) is -0.641. The van der Waals surface area contributed by atoms with Crippen molar-refractivity contribution in [3.05, 3.63) is 29.3 Å². The first-order valence-corrected chi connectivity index (χ1v) is 5.60. The number of fused-ring (bicyclic) bond motifs is 1. The molecule has 2 aromatic rings. The molecule has 1 aromatic carbocycles. The number of nitrogens with one attached hydrogen (secondary N) is 2. The number of nitrogens with two attached hydrogens (primary N) is 2. The topological polar surface area (TPSA) is 134 Å². The van der Waals surface area contributed by atoms with E-state index in [1.165, 1.54) is 0 Å². The van der Waals surface area contributed by atoms with Crippen molar-refractivity contribution in [1.82, 2.24) is 4.98 Å². The number of aliphatic hydroxyl groups excluding tert-OH is 1. The third-order valence-corrected chi connectivity index (χ3v) is 2.80. The van der Waals surface area contributed by atoms with Crippen LogP contribution in [0.5, 0.6) is 0 Å². The molecule has 0 aliphatic carbocycles. The van der Waals surface area contributed by atoms with E-state index in [-0.39, 0.29) is 11.4 Å². The number of amides is 3. The number of benzene rings is 1. The summed E-state index contributed by atoms with van der Waals surface area (Å²) in [5, 5.41) is 12.4. The summed E-state index contributed by atoms with van der Waals surface area (Å²) in [6, 6.07) is 4.21. The largest absolute Gasteiger partial charge is 0.389 e. The number of urea groups is 1. The molecule has 0 saturated carbocycles. The minimum atomic E-state index is -0.801. The van der Waals surface area contributed by atoms with E-state index in [1.54, 1.807) is 25.1 Å². The summed E-state index contributed by atoms with van der Waals surface area (Å²) >= 11 is 0. The van der Waals surface area contributed by atoms with Crippen molar-refractivity contribution in [1.29, 1.82) is 0 Å². The van der Waals surface area contributed by atoms with Gasteiger partial charge >= 0.3 is 6.03 Å². The van der Waals surface area contributed by atoms with Gasteiger partial charge in [0, 0.05) is 10.9 Å². The molecule has 1 aromatic heterocycles. The highest BCUT2D eigenvalue weighted by Crippen LogP contribution is 2.28. The number of H-pyrrole nitrogens is 1. The maximum atomic E-state index is 11.5. The Balaban J connectivity index is 2.65. The van der Waals surface area contributed by atoms with Gasteiger partial charge in [-0.05, 0) is 18.6 Å². The zero-order chi connectivity index (χ0) is 14.2. The van der Waals surface area contributed by atoms with Crippen molar-refractivity contribution in [2.75, 3.05) is 5.32 Å². The Bertz CT molecular complexity index is 660. The molecule has 100 valence electrons. The molecule has 2 rings (SSSR count). The molecule has 7 nitrogen and oxygen atoms in total. The summed E-state index contributed by atoms with van der Waals surface area (Å²) in [4.78, 5) is 25.2. The fourth-order valence-electron chi connectivity index (χ4n) is 1.95. The maximum absolute atomic E-state index is 11.5. The molecule has 1 atom stereocenters. The average Bonchev–Trinajstić information content (AvgIpc) is 2.64. The molecule has 0 radical (unpaired) electrons. The van der Waals surface area contributed by atoms with Gasteiger partial charge in [0.1, 0.15) is 5.82 Å². The minimum Gasteiger partial charge on any atom is -0.389 e. The summed E-state index contributed by atoms with van der Waals surface area (Å²) < 4.78 is 0. The normalized spacial score (nSPS) is 12.3. The fourth-order valence-corrected chi connectivity index (χ4v) is 1.95. The van der Waals surface area contributed by atoms with E-state index in [2.05, 4.69) is 10.3 Å². The number of primary amides is 2. The maximum Gasteiger partial charge on any atom is 0.317 e. The van der Waals surface area contributed by atoms with Crippen LogP contribution in [-0.4, -0.2) is 22.0 Å². The molecular formula is C12H14N4O3. The van der Waals surface area contributed by atoms with Gasteiger partial charge in [-0.1, -0.05) is 12.1 Å². The lowest BCUT2D eigenvalue weighted by molar-refractivity contribution is 0.100. The van der Waals surface area contributed by atoms with Crippen LogP contribution >= 0.6 is 0 Å². The number of hydrogen-bond acceptors (Lipinski definition) is 3. The van der Waals surface area contributed by atoms with Crippen LogP contribution in [0.25, 0.3) is 10.9 Å². The second-order valence-electron chi connectivity index (χ2n) is 4.21. The number of aliphatic hydroxyl groups is 1. The van der Waals surface area contributed by atoms with Gasteiger partial charge < -0.3 is 21.6 Å². The lowest BCUT2D eigenvalue weighted by Gasteiger charge is -2.03. The number of carbonyl (C=O) groups is 2. The summed E-state index contributed by atoms with van der Waals surface area (Å²) in [7, 11) is 0. The highest BCUT2D eigenvalue weighted by Gasteiger charge is 2.18. The molecule has 0 aliphatic rings. The Morgan fingerprint density at radius 3 is 2.58 bits per heavy atom. The standard InChI is InChI=1S/C12H14N4O3/c1-5(17)6-2-3-7-8(4-6)15-11(16-12(14)19)9(7)10(13)18/h2-5,15,17H,1H3,(H2,13,18)(H3,14,16,19). The SMILES string of the molecule is CC(O)c1ccc2c(C(N)=O)c(NC(N)=O)[nH]c2c1. The smallest absolute Gasteiger partial charge is 0.317 e. The number of aromatic amines is 1. The molecule has 0 saturated heterocycles. The van der Waals surface area contributed by atoms with Crippen LogP contribution in [0.15, 0.2) is 18.2 Å². The minimum absolute atomic E-state index is 0.151. The lowest BCUT2D eigenvalue weighted by atomic mass is 10.1. The predicted octanol–water partition coefficient (Wildman–Crippen LogP) is 0.811. The summed E-state index contributed by atoms with van der Waals surface area (Å²) in [6.45, 7) is 1.63. The molecule has 7 N–H and O–H groups in total. The van der Waals surface area contributed by atoms with Crippen LogP contribution in [0, 0.1) is 0 Å². The second-order valence-corrected chi connectivity index (χ2v) is 4.21. The van der Waals surface area contributed by atoms with Crippen molar-refractivity contribution in [3.63, 3.8) is 0 Å². The van der Waals surface area contributed by atoms with Gasteiger partial charge in [-0.2, -0.15) is 0 Å². The molecule has 19 heavy (non-hydrogen) atoms. The fraction of sp³-hybridized carbons (Fsp3) is 0.167. The van der Waals surface area contributed by atoms with Crippen molar-refractivity contribution in [3.8, 4) is 0 Å². The molecular weight excluding hydrogens is 248 g/mol. The molecule has 0 bridgehead atoms. The number of anilines is 1. The highest BCUT2D eigenvalue weighted by molar-refractivity contribution is 6.12. The van der Waals surface area contributed by atoms with E-state index in [0.717, 1.165) is 0 Å². The zero-order valence-electron chi connectivity index (χ0n) is 10.2. The van der Waals surface area contributed by atoms with E-state index in [4.69, 9.17) is 11.5 Å². The summed E-state index contributed by atoms with van der Waals surface area (Å²) in [5.41, 5.74) is 11.7. The second kappa shape index (κ2) is 4.62. The third kappa shape index (κ3) is 2.36. The first-order valence-electron chi connectivity index (χ1n) is 5.60. The quantitative estimate of drug-likeness (QED) is 0.560. The van der Waals surface area contributed by atoms with Gasteiger partial charge in [0.25, 0.3) is 5.91 Å². The third-order valence-electron chi connectivity index (χ3n) is 2.80. The number of hydrogen-bond donors (Lipinski definition) is 5. The van der Waals surface area contributed by atoms with Gasteiger partial charge in [-0.15, -0.1) is 0 Å². The molecule has 0 aliphatic heterocycles. The van der Waals surface area contributed by atoms with Crippen molar-refractivity contribution >= 4 is 28.7 Å². The van der Waals surface area contributed by atoms with E-state index in [0.29, 0.717) is 16.5 Å². The van der Waals surface area contributed by atoms with Crippen LogP contribution in [0.3, 0.4) is 0 Å². The van der Waals surface area contributed by atoms with Gasteiger partial charge in [0.2, 0.25) is 0 Å². The Kier molecular flexibility index (Phi) is 3.14. The van der Waals surface area contributed by atoms with Crippen LogP contribution in [0.4, 0.5) is 10.6 Å². The number of rotatable bonds is 3. The molecule has 1 unspecified atom stereocenters. The predicted molar refractivity (Wildman–Crippen MR) is 70.7 cm³/mol. The van der Waals surface area contributed by atoms with Gasteiger partial charge in [0.15, 0.2) is 0 Å². The van der Waals surface area contributed by atoms with Gasteiger partial charge in [-0.25, -0.2) is 4.79 Å². The molecule has 0 spiro atoms. The highest BCUT2D eigenvalue weighted by atomic mass is 16.3. The van der Waals surface area contributed by atoms with Crippen LogP contribution < -0.4 is 16.8 Å². The Morgan fingerprint density at radius 1 is 1.37 bits per heavy atom.